The number of hydrogen-bond acceptors (Lipinski definition) is 4. The average molecular weight is 259 g/mol. The molecule has 0 radical (unpaired) electrons. The van der Waals surface area contributed by atoms with Crippen LogP contribution >= 0.6 is 11.8 Å². The van der Waals surface area contributed by atoms with E-state index < -0.39 is 5.79 Å². The highest BCUT2D eigenvalue weighted by molar-refractivity contribution is 7.99. The molecule has 17 heavy (non-hydrogen) atoms. The second kappa shape index (κ2) is 5.91. The molecule has 1 heterocycles. The molecule has 2 aliphatic rings. The van der Waals surface area contributed by atoms with Crippen molar-refractivity contribution >= 4 is 11.8 Å². The Balaban J connectivity index is 1.69. The predicted octanol–water partition coefficient (Wildman–Crippen LogP) is 2.40. The number of hydrogen-bond donors (Lipinski definition) is 1. The van der Waals surface area contributed by atoms with Crippen LogP contribution in [0.3, 0.4) is 0 Å². The molecule has 0 bridgehead atoms. The number of thioether (sulfide) groups is 1. The fourth-order valence-electron chi connectivity index (χ4n) is 2.60. The quantitative estimate of drug-likeness (QED) is 0.840. The van der Waals surface area contributed by atoms with Crippen molar-refractivity contribution in [3.05, 3.63) is 0 Å². The highest BCUT2D eigenvalue weighted by atomic mass is 32.2. The lowest BCUT2D eigenvalue weighted by atomic mass is 10.2. The summed E-state index contributed by atoms with van der Waals surface area (Å²) >= 11 is 2.10. The van der Waals surface area contributed by atoms with E-state index in [-0.39, 0.29) is 0 Å². The fourth-order valence-corrected chi connectivity index (χ4v) is 3.74. The SMILES string of the molecule is CCSC1CCC(NC2COC(C)(C)OC2)C1. The third-order valence-corrected chi connectivity index (χ3v) is 4.76. The van der Waals surface area contributed by atoms with Crippen LogP contribution < -0.4 is 5.32 Å². The van der Waals surface area contributed by atoms with Gasteiger partial charge in [-0.05, 0) is 38.9 Å². The smallest absolute Gasteiger partial charge is 0.162 e. The molecule has 100 valence electrons. The van der Waals surface area contributed by atoms with Crippen molar-refractivity contribution in [1.82, 2.24) is 5.32 Å². The molecular weight excluding hydrogens is 234 g/mol. The largest absolute Gasteiger partial charge is 0.349 e. The summed E-state index contributed by atoms with van der Waals surface area (Å²) in [6.45, 7) is 7.75. The first-order chi connectivity index (χ1) is 8.09. The lowest BCUT2D eigenvalue weighted by Crippen LogP contribution is -2.51. The van der Waals surface area contributed by atoms with Crippen molar-refractivity contribution in [3.63, 3.8) is 0 Å². The van der Waals surface area contributed by atoms with E-state index in [1.807, 2.05) is 13.8 Å². The third-order valence-electron chi connectivity index (χ3n) is 3.52. The van der Waals surface area contributed by atoms with E-state index in [1.165, 1.54) is 25.0 Å². The van der Waals surface area contributed by atoms with Crippen LogP contribution in [0.4, 0.5) is 0 Å². The molecule has 0 aromatic heterocycles. The van der Waals surface area contributed by atoms with E-state index in [0.717, 1.165) is 18.5 Å². The van der Waals surface area contributed by atoms with Gasteiger partial charge < -0.3 is 14.8 Å². The van der Waals surface area contributed by atoms with Gasteiger partial charge in [0.2, 0.25) is 0 Å². The van der Waals surface area contributed by atoms with Crippen LogP contribution in [0.25, 0.3) is 0 Å². The Morgan fingerprint density at radius 1 is 1.18 bits per heavy atom. The summed E-state index contributed by atoms with van der Waals surface area (Å²) in [6, 6.07) is 1.04. The van der Waals surface area contributed by atoms with Crippen molar-refractivity contribution in [3.8, 4) is 0 Å². The number of rotatable bonds is 4. The lowest BCUT2D eigenvalue weighted by Gasteiger charge is -2.36. The maximum Gasteiger partial charge on any atom is 0.162 e. The van der Waals surface area contributed by atoms with Crippen LogP contribution in [0, 0.1) is 0 Å². The van der Waals surface area contributed by atoms with Gasteiger partial charge in [0.15, 0.2) is 5.79 Å². The molecule has 1 aliphatic carbocycles. The zero-order valence-electron chi connectivity index (χ0n) is 11.2. The first-order valence-corrected chi connectivity index (χ1v) is 7.79. The average Bonchev–Trinajstić information content (AvgIpc) is 2.70. The summed E-state index contributed by atoms with van der Waals surface area (Å²) in [7, 11) is 0. The van der Waals surface area contributed by atoms with E-state index in [0.29, 0.717) is 12.1 Å². The monoisotopic (exact) mass is 259 g/mol. The molecule has 2 fully saturated rings. The summed E-state index contributed by atoms with van der Waals surface area (Å²) in [5, 5.41) is 4.54. The van der Waals surface area contributed by atoms with Crippen molar-refractivity contribution in [2.45, 2.75) is 63.2 Å². The molecule has 2 atom stereocenters. The van der Waals surface area contributed by atoms with Gasteiger partial charge >= 0.3 is 0 Å². The molecular formula is C13H25NO2S. The van der Waals surface area contributed by atoms with Crippen LogP contribution in [-0.4, -0.2) is 42.1 Å². The molecule has 1 aliphatic heterocycles. The third kappa shape index (κ3) is 4.12. The summed E-state index contributed by atoms with van der Waals surface area (Å²) in [4.78, 5) is 0. The van der Waals surface area contributed by atoms with Gasteiger partial charge in [0, 0.05) is 11.3 Å². The molecule has 1 N–H and O–H groups in total. The molecule has 0 spiro atoms. The zero-order chi connectivity index (χ0) is 12.3. The van der Waals surface area contributed by atoms with Crippen molar-refractivity contribution in [2.75, 3.05) is 19.0 Å². The fraction of sp³-hybridized carbons (Fsp3) is 1.00. The Labute approximate surface area is 109 Å². The van der Waals surface area contributed by atoms with E-state index in [2.05, 4.69) is 24.0 Å². The summed E-state index contributed by atoms with van der Waals surface area (Å²) in [6.07, 6.45) is 3.96. The molecule has 0 aromatic rings. The first-order valence-electron chi connectivity index (χ1n) is 6.74. The highest BCUT2D eigenvalue weighted by Crippen LogP contribution is 2.30. The Bertz CT molecular complexity index is 238. The van der Waals surface area contributed by atoms with Gasteiger partial charge in [0.05, 0.1) is 19.3 Å². The molecule has 1 saturated carbocycles. The second-order valence-electron chi connectivity index (χ2n) is 5.47. The Morgan fingerprint density at radius 3 is 2.53 bits per heavy atom. The molecule has 1 saturated heterocycles. The van der Waals surface area contributed by atoms with E-state index in [4.69, 9.17) is 9.47 Å². The molecule has 2 unspecified atom stereocenters. The zero-order valence-corrected chi connectivity index (χ0v) is 12.0. The van der Waals surface area contributed by atoms with E-state index in [1.54, 1.807) is 0 Å². The van der Waals surface area contributed by atoms with Crippen LogP contribution in [0.15, 0.2) is 0 Å². The molecule has 3 nitrogen and oxygen atoms in total. The Kier molecular flexibility index (Phi) is 4.75. The molecule has 2 rings (SSSR count). The minimum atomic E-state index is -0.394. The normalized spacial score (nSPS) is 34.1. The molecule has 4 heteroatoms. The standard InChI is InChI=1S/C13H25NO2S/c1-4-17-12-6-5-10(7-12)14-11-8-15-13(2,3)16-9-11/h10-12,14H,4-9H2,1-3H3. The van der Waals surface area contributed by atoms with E-state index >= 15 is 0 Å². The van der Waals surface area contributed by atoms with Gasteiger partial charge in [0.25, 0.3) is 0 Å². The first kappa shape index (κ1) is 13.7. The van der Waals surface area contributed by atoms with Gasteiger partial charge in [-0.25, -0.2) is 0 Å². The van der Waals surface area contributed by atoms with Crippen LogP contribution in [0.5, 0.6) is 0 Å². The minimum absolute atomic E-state index is 0.374. The van der Waals surface area contributed by atoms with Gasteiger partial charge in [-0.15, -0.1) is 0 Å². The number of nitrogens with one attached hydrogen (secondary N) is 1. The predicted molar refractivity (Wildman–Crippen MR) is 72.5 cm³/mol. The number of ether oxygens (including phenoxy) is 2. The van der Waals surface area contributed by atoms with Crippen LogP contribution in [-0.2, 0) is 9.47 Å². The van der Waals surface area contributed by atoms with Crippen molar-refractivity contribution in [2.24, 2.45) is 0 Å². The van der Waals surface area contributed by atoms with Crippen molar-refractivity contribution in [1.29, 1.82) is 0 Å². The molecule has 0 aromatic carbocycles. The Hall–Kier alpha value is 0.230. The lowest BCUT2D eigenvalue weighted by molar-refractivity contribution is -0.253. The van der Waals surface area contributed by atoms with Gasteiger partial charge in [-0.2, -0.15) is 11.8 Å². The summed E-state index contributed by atoms with van der Waals surface area (Å²) in [5.41, 5.74) is 0. The molecule has 0 amide bonds. The van der Waals surface area contributed by atoms with E-state index in [9.17, 15) is 0 Å². The van der Waals surface area contributed by atoms with Crippen LogP contribution in [0.2, 0.25) is 0 Å². The van der Waals surface area contributed by atoms with Gasteiger partial charge in [-0.1, -0.05) is 6.92 Å². The van der Waals surface area contributed by atoms with Gasteiger partial charge in [-0.3, -0.25) is 0 Å². The highest BCUT2D eigenvalue weighted by Gasteiger charge is 2.31. The maximum atomic E-state index is 5.67. The maximum absolute atomic E-state index is 5.67. The summed E-state index contributed by atoms with van der Waals surface area (Å²) < 4.78 is 11.3. The minimum Gasteiger partial charge on any atom is -0.349 e. The van der Waals surface area contributed by atoms with Crippen molar-refractivity contribution < 1.29 is 9.47 Å². The van der Waals surface area contributed by atoms with Crippen LogP contribution in [0.1, 0.15) is 40.0 Å². The Morgan fingerprint density at radius 2 is 1.88 bits per heavy atom. The summed E-state index contributed by atoms with van der Waals surface area (Å²) in [5.74, 6) is 0.843. The second-order valence-corrected chi connectivity index (χ2v) is 7.05. The van der Waals surface area contributed by atoms with Gasteiger partial charge in [0.1, 0.15) is 0 Å². The topological polar surface area (TPSA) is 30.5 Å².